The second kappa shape index (κ2) is 11.2. The van der Waals surface area contributed by atoms with Crippen LogP contribution in [0.3, 0.4) is 0 Å². The molecule has 3 heteroatoms. The van der Waals surface area contributed by atoms with E-state index >= 15 is 0 Å². The number of hydrogen-bond acceptors (Lipinski definition) is 0. The molecule has 0 radical (unpaired) electrons. The molecule has 0 amide bonds. The van der Waals surface area contributed by atoms with E-state index in [0.29, 0.717) is 0 Å². The van der Waals surface area contributed by atoms with Crippen molar-refractivity contribution in [1.29, 1.82) is 0 Å². The number of halogens is 2. The second-order valence-electron chi connectivity index (χ2n) is 7.38. The molecule has 0 bridgehead atoms. The Balaban J connectivity index is 0. The van der Waals surface area contributed by atoms with Gasteiger partial charge < -0.3 is 24.8 Å². The van der Waals surface area contributed by atoms with Gasteiger partial charge in [-0.1, -0.05) is 59.3 Å². The van der Waals surface area contributed by atoms with Crippen LogP contribution in [0.15, 0.2) is 33.9 Å². The quantitative estimate of drug-likeness (QED) is 0.513. The third kappa shape index (κ3) is 6.62. The standard InChI is InChI=1S/C11H15.C10H15.2ClH.Zr/c1-9-6-7-11(8-9)10-4-2-3-5-10;1-7-6-10(4,5)9(3)8(7)2;;;/h7,10H,2-6H2,1H3;1-5H3;2*1H;/q2*-1;;;+4/p-2. The molecular weight excluding hydrogens is 414 g/mol. The summed E-state index contributed by atoms with van der Waals surface area (Å²) in [5.74, 6) is 0.868. The van der Waals surface area contributed by atoms with Gasteiger partial charge in [-0.3, -0.25) is 6.08 Å². The van der Waals surface area contributed by atoms with Crippen molar-refractivity contribution in [2.45, 2.75) is 73.6 Å². The molecule has 3 aliphatic carbocycles. The van der Waals surface area contributed by atoms with E-state index in [9.17, 15) is 0 Å². The maximum absolute atomic E-state index is 3.47. The van der Waals surface area contributed by atoms with Crippen LogP contribution < -0.4 is 24.8 Å². The Labute approximate surface area is 181 Å². The summed E-state index contributed by atoms with van der Waals surface area (Å²) in [7, 11) is 0. The van der Waals surface area contributed by atoms with E-state index in [1.54, 1.807) is 0 Å². The maximum atomic E-state index is 3.47. The predicted octanol–water partition coefficient (Wildman–Crippen LogP) is 0.374. The van der Waals surface area contributed by atoms with Crippen molar-refractivity contribution in [1.82, 2.24) is 0 Å². The number of hydrogen-bond donors (Lipinski definition) is 0. The Morgan fingerprint density at radius 2 is 1.54 bits per heavy atom. The first-order chi connectivity index (χ1) is 9.81. The topological polar surface area (TPSA) is 0 Å². The minimum atomic E-state index is 0. The van der Waals surface area contributed by atoms with E-state index in [2.05, 4.69) is 59.8 Å². The molecule has 0 aromatic rings. The zero-order valence-corrected chi connectivity index (χ0v) is 19.9. The Morgan fingerprint density at radius 3 is 1.83 bits per heavy atom. The molecule has 24 heavy (non-hydrogen) atoms. The molecule has 0 unspecified atom stereocenters. The number of allylic oxidation sites excluding steroid dienone is 8. The molecule has 0 aliphatic heterocycles. The summed E-state index contributed by atoms with van der Waals surface area (Å²) in [5.41, 5.74) is 7.33. The van der Waals surface area contributed by atoms with Gasteiger partial charge in [-0.25, -0.2) is 23.3 Å². The molecule has 0 N–H and O–H groups in total. The summed E-state index contributed by atoms with van der Waals surface area (Å²) in [5, 5.41) is 0. The summed E-state index contributed by atoms with van der Waals surface area (Å²) < 4.78 is 0. The first-order valence-electron chi connectivity index (χ1n) is 8.41. The van der Waals surface area contributed by atoms with Crippen molar-refractivity contribution in [2.24, 2.45) is 11.3 Å². The van der Waals surface area contributed by atoms with Crippen LogP contribution in [0.4, 0.5) is 0 Å². The molecule has 0 nitrogen and oxygen atoms in total. The largest absolute Gasteiger partial charge is 4.00 e. The van der Waals surface area contributed by atoms with Crippen molar-refractivity contribution in [3.05, 3.63) is 46.1 Å². The van der Waals surface area contributed by atoms with Crippen LogP contribution >= 0.6 is 0 Å². The summed E-state index contributed by atoms with van der Waals surface area (Å²) in [6.45, 7) is 13.1. The van der Waals surface area contributed by atoms with E-state index < -0.39 is 0 Å². The second-order valence-corrected chi connectivity index (χ2v) is 7.38. The normalized spacial score (nSPS) is 21.5. The van der Waals surface area contributed by atoms with Crippen molar-refractivity contribution in [3.63, 3.8) is 0 Å². The van der Waals surface area contributed by atoms with Crippen LogP contribution in [0, 0.1) is 23.5 Å². The summed E-state index contributed by atoms with van der Waals surface area (Å²) in [6, 6.07) is 0. The zero-order valence-electron chi connectivity index (χ0n) is 15.9. The Morgan fingerprint density at radius 1 is 1.00 bits per heavy atom. The van der Waals surface area contributed by atoms with Gasteiger partial charge in [0.25, 0.3) is 0 Å². The zero-order chi connectivity index (χ0) is 15.6. The van der Waals surface area contributed by atoms with E-state index in [-0.39, 0.29) is 56.4 Å². The fourth-order valence-electron chi connectivity index (χ4n) is 3.52. The van der Waals surface area contributed by atoms with Gasteiger partial charge in [-0.05, 0) is 18.8 Å². The fraction of sp³-hybridized carbons (Fsp3) is 0.619. The monoisotopic (exact) mass is 442 g/mol. The van der Waals surface area contributed by atoms with Crippen LogP contribution in [-0.4, -0.2) is 0 Å². The summed E-state index contributed by atoms with van der Waals surface area (Å²) in [4.78, 5) is 0. The van der Waals surface area contributed by atoms with Crippen molar-refractivity contribution in [2.75, 3.05) is 0 Å². The molecular formula is C21H30Cl2Zr. The van der Waals surface area contributed by atoms with Gasteiger partial charge in [-0.15, -0.1) is 6.92 Å². The van der Waals surface area contributed by atoms with Gasteiger partial charge in [0.15, 0.2) is 0 Å². The molecule has 3 rings (SSSR count). The van der Waals surface area contributed by atoms with Crippen molar-refractivity contribution in [3.8, 4) is 0 Å². The number of rotatable bonds is 1. The minimum Gasteiger partial charge on any atom is -1.00 e. The van der Waals surface area contributed by atoms with Gasteiger partial charge in [-0.2, -0.15) is 16.7 Å². The summed E-state index contributed by atoms with van der Waals surface area (Å²) in [6.07, 6.45) is 16.1. The molecule has 1 fully saturated rings. The van der Waals surface area contributed by atoms with Gasteiger partial charge in [0.05, 0.1) is 0 Å². The van der Waals surface area contributed by atoms with E-state index in [0.717, 1.165) is 12.3 Å². The average molecular weight is 445 g/mol. The minimum absolute atomic E-state index is 0. The van der Waals surface area contributed by atoms with Gasteiger partial charge in [0.2, 0.25) is 0 Å². The molecule has 132 valence electrons. The fourth-order valence-corrected chi connectivity index (χ4v) is 3.52. The Bertz CT molecular complexity index is 530. The molecule has 0 atom stereocenters. The van der Waals surface area contributed by atoms with E-state index in [1.165, 1.54) is 53.5 Å². The first-order valence-corrected chi connectivity index (χ1v) is 8.41. The van der Waals surface area contributed by atoms with E-state index in [1.807, 2.05) is 0 Å². The molecule has 3 aliphatic rings. The summed E-state index contributed by atoms with van der Waals surface area (Å²) >= 11 is 0. The van der Waals surface area contributed by atoms with Crippen LogP contribution in [-0.2, 0) is 26.2 Å². The molecule has 0 aromatic heterocycles. The Kier molecular flexibility index (Phi) is 12.4. The van der Waals surface area contributed by atoms with Gasteiger partial charge in [0, 0.05) is 0 Å². The van der Waals surface area contributed by atoms with Crippen molar-refractivity contribution >= 4 is 0 Å². The smallest absolute Gasteiger partial charge is 1.00 e. The van der Waals surface area contributed by atoms with Crippen LogP contribution in [0.2, 0.25) is 0 Å². The Hall–Kier alpha value is 0.423. The third-order valence-corrected chi connectivity index (χ3v) is 5.34. The molecule has 0 heterocycles. The SMILES string of the molecule is CC1=[C-]C(C)(C)C(C)=C1C.CC1=[C-]C(C2CCCC2)=CC1.[Cl-].[Cl-].[Zr+4]. The molecule has 0 saturated heterocycles. The van der Waals surface area contributed by atoms with Crippen LogP contribution in [0.25, 0.3) is 0 Å². The van der Waals surface area contributed by atoms with Gasteiger partial charge in [0.1, 0.15) is 0 Å². The third-order valence-electron chi connectivity index (χ3n) is 5.34. The van der Waals surface area contributed by atoms with E-state index in [4.69, 9.17) is 0 Å². The predicted molar refractivity (Wildman–Crippen MR) is 91.7 cm³/mol. The van der Waals surface area contributed by atoms with Crippen LogP contribution in [0.5, 0.6) is 0 Å². The van der Waals surface area contributed by atoms with Gasteiger partial charge >= 0.3 is 26.2 Å². The van der Waals surface area contributed by atoms with Crippen LogP contribution in [0.1, 0.15) is 73.6 Å². The maximum Gasteiger partial charge on any atom is 4.00 e. The average Bonchev–Trinajstić information content (AvgIpc) is 3.10. The van der Waals surface area contributed by atoms with Crippen molar-refractivity contribution < 1.29 is 51.0 Å². The molecule has 0 aromatic carbocycles. The molecule has 1 saturated carbocycles. The first kappa shape index (κ1) is 26.7. The molecule has 0 spiro atoms.